The van der Waals surface area contributed by atoms with Crippen LogP contribution >= 0.6 is 0 Å². The first-order valence-electron chi connectivity index (χ1n) is 4.89. The zero-order chi connectivity index (χ0) is 9.47. The maximum Gasteiger partial charge on any atom is 0.314 e. The van der Waals surface area contributed by atoms with E-state index in [-0.39, 0.29) is 11.2 Å². The Labute approximate surface area is 77.1 Å². The largest absolute Gasteiger partial charge is 0.481 e. The van der Waals surface area contributed by atoms with E-state index < -0.39 is 11.9 Å². The minimum Gasteiger partial charge on any atom is -0.481 e. The third-order valence-corrected chi connectivity index (χ3v) is 3.54. The van der Waals surface area contributed by atoms with Gasteiger partial charge in [-0.05, 0) is 24.7 Å². The lowest BCUT2D eigenvalue weighted by Crippen LogP contribution is -2.18. The van der Waals surface area contributed by atoms with Crippen LogP contribution in [0.5, 0.6) is 0 Å². The average molecular weight is 182 g/mol. The van der Waals surface area contributed by atoms with E-state index in [1.807, 2.05) is 0 Å². The summed E-state index contributed by atoms with van der Waals surface area (Å²) >= 11 is 0. The molecule has 2 aliphatic carbocycles. The minimum absolute atomic E-state index is 0.0469. The van der Waals surface area contributed by atoms with Crippen molar-refractivity contribution in [2.45, 2.75) is 38.5 Å². The molecule has 2 fully saturated rings. The number of carboxylic acids is 1. The molecule has 13 heavy (non-hydrogen) atoms. The predicted octanol–water partition coefficient (Wildman–Crippen LogP) is 1.61. The van der Waals surface area contributed by atoms with E-state index in [4.69, 9.17) is 5.11 Å². The molecular weight excluding hydrogens is 168 g/mol. The molecule has 3 heteroatoms. The molecule has 0 aromatic carbocycles. The molecule has 1 atom stereocenters. The van der Waals surface area contributed by atoms with E-state index in [0.717, 1.165) is 12.8 Å². The Morgan fingerprint density at radius 1 is 1.38 bits per heavy atom. The van der Waals surface area contributed by atoms with Crippen LogP contribution in [0.2, 0.25) is 0 Å². The molecule has 2 aliphatic rings. The van der Waals surface area contributed by atoms with Crippen LogP contribution in [0.4, 0.5) is 0 Å². The summed E-state index contributed by atoms with van der Waals surface area (Å²) in [5, 5.41) is 8.81. The van der Waals surface area contributed by atoms with Gasteiger partial charge in [0.25, 0.3) is 0 Å². The summed E-state index contributed by atoms with van der Waals surface area (Å²) in [6, 6.07) is 0. The second-order valence-corrected chi connectivity index (χ2v) is 4.45. The van der Waals surface area contributed by atoms with Crippen LogP contribution in [-0.2, 0) is 9.59 Å². The van der Waals surface area contributed by atoms with Crippen LogP contribution in [0, 0.1) is 11.3 Å². The van der Waals surface area contributed by atoms with Crippen molar-refractivity contribution in [3.8, 4) is 0 Å². The molecule has 0 amide bonds. The van der Waals surface area contributed by atoms with Crippen molar-refractivity contribution in [1.29, 1.82) is 0 Å². The van der Waals surface area contributed by atoms with Gasteiger partial charge < -0.3 is 5.11 Å². The Hall–Kier alpha value is -0.860. The Balaban J connectivity index is 2.14. The summed E-state index contributed by atoms with van der Waals surface area (Å²) in [6.45, 7) is 0. The Morgan fingerprint density at radius 3 is 2.46 bits per heavy atom. The molecule has 0 saturated heterocycles. The van der Waals surface area contributed by atoms with Crippen molar-refractivity contribution in [2.75, 3.05) is 0 Å². The van der Waals surface area contributed by atoms with Gasteiger partial charge >= 0.3 is 5.97 Å². The summed E-state index contributed by atoms with van der Waals surface area (Å²) in [4.78, 5) is 22.1. The zero-order valence-corrected chi connectivity index (χ0v) is 7.58. The lowest BCUT2D eigenvalue weighted by atomic mass is 9.84. The van der Waals surface area contributed by atoms with E-state index >= 15 is 0 Å². The van der Waals surface area contributed by atoms with E-state index in [2.05, 4.69) is 0 Å². The van der Waals surface area contributed by atoms with E-state index in [0.29, 0.717) is 12.8 Å². The number of carbonyl (C=O) groups is 2. The maximum absolute atomic E-state index is 11.4. The maximum atomic E-state index is 11.4. The first kappa shape index (κ1) is 8.73. The molecule has 0 bridgehead atoms. The van der Waals surface area contributed by atoms with Crippen molar-refractivity contribution < 1.29 is 14.7 Å². The SMILES string of the molecule is O=C(O)C1CC2(CCCC2)CC1=O. The van der Waals surface area contributed by atoms with Crippen LogP contribution in [0.3, 0.4) is 0 Å². The van der Waals surface area contributed by atoms with Gasteiger partial charge in [-0.25, -0.2) is 0 Å². The van der Waals surface area contributed by atoms with Crippen LogP contribution < -0.4 is 0 Å². The fourth-order valence-corrected chi connectivity index (χ4v) is 2.84. The standard InChI is InChI=1S/C10H14O3/c11-8-6-10(3-1-2-4-10)5-7(8)9(12)13/h7H,1-6H2,(H,12,13). The fourth-order valence-electron chi connectivity index (χ4n) is 2.84. The first-order chi connectivity index (χ1) is 6.13. The van der Waals surface area contributed by atoms with Crippen molar-refractivity contribution >= 4 is 11.8 Å². The molecule has 72 valence electrons. The smallest absolute Gasteiger partial charge is 0.314 e. The van der Waals surface area contributed by atoms with Crippen LogP contribution in [0.25, 0.3) is 0 Å². The second kappa shape index (κ2) is 2.82. The number of ketones is 1. The summed E-state index contributed by atoms with van der Waals surface area (Å²) in [5.74, 6) is -1.67. The van der Waals surface area contributed by atoms with Gasteiger partial charge in [-0.2, -0.15) is 0 Å². The highest BCUT2D eigenvalue weighted by Gasteiger charge is 2.48. The van der Waals surface area contributed by atoms with Crippen LogP contribution in [0.1, 0.15) is 38.5 Å². The first-order valence-corrected chi connectivity index (χ1v) is 4.89. The van der Waals surface area contributed by atoms with Crippen molar-refractivity contribution in [3.63, 3.8) is 0 Å². The fraction of sp³-hybridized carbons (Fsp3) is 0.800. The number of rotatable bonds is 1. The Bertz CT molecular complexity index is 251. The van der Waals surface area contributed by atoms with Gasteiger partial charge in [0.05, 0.1) is 0 Å². The number of carbonyl (C=O) groups excluding carboxylic acids is 1. The van der Waals surface area contributed by atoms with Crippen molar-refractivity contribution in [1.82, 2.24) is 0 Å². The molecule has 2 rings (SSSR count). The number of hydrogen-bond donors (Lipinski definition) is 1. The third-order valence-electron chi connectivity index (χ3n) is 3.54. The quantitative estimate of drug-likeness (QED) is 0.627. The average Bonchev–Trinajstić information content (AvgIpc) is 2.60. The highest BCUT2D eigenvalue weighted by atomic mass is 16.4. The third kappa shape index (κ3) is 1.36. The summed E-state index contributed by atoms with van der Waals surface area (Å²) in [6.07, 6.45) is 5.56. The number of carboxylic acid groups (broad SMARTS) is 1. The van der Waals surface area contributed by atoms with Gasteiger partial charge in [0.1, 0.15) is 11.7 Å². The molecule has 0 aromatic rings. The second-order valence-electron chi connectivity index (χ2n) is 4.45. The molecule has 0 heterocycles. The molecule has 0 aromatic heterocycles. The van der Waals surface area contributed by atoms with Crippen LogP contribution in [0.15, 0.2) is 0 Å². The van der Waals surface area contributed by atoms with Gasteiger partial charge in [0.15, 0.2) is 0 Å². The summed E-state index contributed by atoms with van der Waals surface area (Å²) in [5.41, 5.74) is 0.0835. The molecule has 2 saturated carbocycles. The van der Waals surface area contributed by atoms with Gasteiger partial charge in [-0.1, -0.05) is 12.8 Å². The number of Topliss-reactive ketones (excluding diaryl/α,β-unsaturated/α-hetero) is 1. The van der Waals surface area contributed by atoms with E-state index in [9.17, 15) is 9.59 Å². The highest BCUT2D eigenvalue weighted by molar-refractivity contribution is 6.00. The molecule has 3 nitrogen and oxygen atoms in total. The summed E-state index contributed by atoms with van der Waals surface area (Å²) < 4.78 is 0. The van der Waals surface area contributed by atoms with Gasteiger partial charge in [-0.15, -0.1) is 0 Å². The van der Waals surface area contributed by atoms with Gasteiger partial charge in [0.2, 0.25) is 0 Å². The van der Waals surface area contributed by atoms with Gasteiger partial charge in [0, 0.05) is 6.42 Å². The highest BCUT2D eigenvalue weighted by Crippen LogP contribution is 2.51. The lowest BCUT2D eigenvalue weighted by Gasteiger charge is -2.20. The lowest BCUT2D eigenvalue weighted by molar-refractivity contribution is -0.145. The molecular formula is C10H14O3. The molecule has 1 spiro atoms. The molecule has 1 N–H and O–H groups in total. The van der Waals surface area contributed by atoms with Crippen molar-refractivity contribution in [3.05, 3.63) is 0 Å². The van der Waals surface area contributed by atoms with Crippen LogP contribution in [-0.4, -0.2) is 16.9 Å². The molecule has 0 radical (unpaired) electrons. The van der Waals surface area contributed by atoms with Crippen molar-refractivity contribution in [2.24, 2.45) is 11.3 Å². The predicted molar refractivity (Wildman–Crippen MR) is 46.3 cm³/mol. The Morgan fingerprint density at radius 2 is 2.00 bits per heavy atom. The monoisotopic (exact) mass is 182 g/mol. The normalized spacial score (nSPS) is 31.4. The number of aliphatic carboxylic acids is 1. The molecule has 1 unspecified atom stereocenters. The molecule has 0 aliphatic heterocycles. The Kier molecular flexibility index (Phi) is 1.90. The number of hydrogen-bond acceptors (Lipinski definition) is 2. The van der Waals surface area contributed by atoms with E-state index in [1.165, 1.54) is 12.8 Å². The summed E-state index contributed by atoms with van der Waals surface area (Å²) in [7, 11) is 0. The topological polar surface area (TPSA) is 54.4 Å². The van der Waals surface area contributed by atoms with E-state index in [1.54, 1.807) is 0 Å². The zero-order valence-electron chi connectivity index (χ0n) is 7.58. The minimum atomic E-state index is -0.922. The van der Waals surface area contributed by atoms with Gasteiger partial charge in [-0.3, -0.25) is 9.59 Å².